The molecule has 0 bridgehead atoms. The molecular formula is C30H32N7O8P. The van der Waals surface area contributed by atoms with E-state index in [0.717, 1.165) is 20.9 Å². The number of hydrogen-bond donors (Lipinski definition) is 3. The zero-order valence-electron chi connectivity index (χ0n) is 24.9. The average Bonchev–Trinajstić information content (AvgIpc) is 3.28. The van der Waals surface area contributed by atoms with Crippen molar-refractivity contribution in [1.29, 1.82) is 0 Å². The fraction of sp³-hybridized carbons (Fsp3) is 0.300. The first-order valence-corrected chi connectivity index (χ1v) is 15.7. The zero-order chi connectivity index (χ0) is 32.9. The lowest BCUT2D eigenvalue weighted by Crippen LogP contribution is -2.44. The zero-order valence-corrected chi connectivity index (χ0v) is 25.8. The minimum atomic E-state index is -4.52. The van der Waals surface area contributed by atoms with Gasteiger partial charge in [-0.25, -0.2) is 9.36 Å². The fourth-order valence-electron chi connectivity index (χ4n) is 4.96. The monoisotopic (exact) mass is 649 g/mol. The molecule has 3 aromatic carbocycles. The van der Waals surface area contributed by atoms with Crippen LogP contribution in [0.15, 0.2) is 95.0 Å². The number of fused-ring (bicyclic) bond motifs is 1. The van der Waals surface area contributed by atoms with E-state index in [4.69, 9.17) is 24.3 Å². The number of nitrogens with one attached hydrogen (secondary N) is 1. The van der Waals surface area contributed by atoms with Crippen LogP contribution in [0.3, 0.4) is 0 Å². The fourth-order valence-corrected chi connectivity index (χ4v) is 6.47. The normalized spacial score (nSPS) is 22.8. The van der Waals surface area contributed by atoms with Crippen molar-refractivity contribution < 1.29 is 33.0 Å². The van der Waals surface area contributed by atoms with Crippen molar-refractivity contribution in [3.8, 4) is 5.75 Å². The number of aromatic nitrogens is 2. The number of esters is 1. The molecule has 15 nitrogen and oxygen atoms in total. The highest BCUT2D eigenvalue weighted by Gasteiger charge is 2.55. The maximum Gasteiger partial charge on any atom is 0.459 e. The number of aliphatic hydroxyl groups excluding tert-OH is 1. The van der Waals surface area contributed by atoms with E-state index in [1.54, 1.807) is 49.4 Å². The van der Waals surface area contributed by atoms with Gasteiger partial charge < -0.3 is 24.8 Å². The van der Waals surface area contributed by atoms with Gasteiger partial charge in [-0.3, -0.25) is 13.9 Å². The van der Waals surface area contributed by atoms with Crippen LogP contribution in [-0.4, -0.2) is 45.1 Å². The number of nitrogens with two attached hydrogens (primary N) is 1. The van der Waals surface area contributed by atoms with E-state index in [9.17, 15) is 24.8 Å². The molecule has 0 aliphatic carbocycles. The standard InChI is InChI=1S/C30H32N7O8P/c1-19-26(38)30(35-36-32,44-27(19)37-15-14-25(31)33-29(37)40)18-43-46(41,45-24-13-12-22-10-6-7-11-23(22)16-24)34-20(2)28(39)42-17-21-8-4-3-5-9-21/h3-16,19-20,26-27,38H,17-18H2,1-2H3,(H,34,41)(H2,31,33,40)/t19-,20+,26-,27+,30+,46?/m0/s1. The van der Waals surface area contributed by atoms with Crippen LogP contribution in [0.25, 0.3) is 21.2 Å². The van der Waals surface area contributed by atoms with Gasteiger partial charge >= 0.3 is 19.4 Å². The van der Waals surface area contributed by atoms with Gasteiger partial charge in [0.25, 0.3) is 0 Å². The predicted octanol–water partition coefficient (Wildman–Crippen LogP) is 4.44. The van der Waals surface area contributed by atoms with E-state index in [1.165, 1.54) is 19.2 Å². The summed E-state index contributed by atoms with van der Waals surface area (Å²) in [6.45, 7) is 2.14. The summed E-state index contributed by atoms with van der Waals surface area (Å²) in [5, 5.41) is 19.1. The molecule has 4 aromatic rings. The van der Waals surface area contributed by atoms with Crippen LogP contribution in [0.1, 0.15) is 25.6 Å². The summed E-state index contributed by atoms with van der Waals surface area (Å²) in [5.41, 5.74) is 12.8. The van der Waals surface area contributed by atoms with Crippen LogP contribution in [0.2, 0.25) is 0 Å². The summed E-state index contributed by atoms with van der Waals surface area (Å²) in [4.78, 5) is 31.9. The molecule has 4 N–H and O–H groups in total. The molecule has 16 heteroatoms. The van der Waals surface area contributed by atoms with Gasteiger partial charge in [-0.1, -0.05) is 72.7 Å². The van der Waals surface area contributed by atoms with Crippen molar-refractivity contribution in [2.24, 2.45) is 11.0 Å². The molecule has 1 aliphatic rings. The number of carbonyl (C=O) groups excluding carboxylic acids is 1. The second kappa shape index (κ2) is 13.7. The van der Waals surface area contributed by atoms with Crippen LogP contribution in [0, 0.1) is 5.92 Å². The van der Waals surface area contributed by atoms with Crippen molar-refractivity contribution in [2.45, 2.75) is 44.6 Å². The number of nitrogen functional groups attached to an aromatic ring is 1. The van der Waals surface area contributed by atoms with Gasteiger partial charge in [0.05, 0.1) is 12.7 Å². The smallest absolute Gasteiger partial charge is 0.459 e. The SMILES string of the molecule is C[C@@H]1[C@H](n2ccc(N)nc2=O)O[C@@](COP(=O)(N[C@H](C)C(=O)OCc2ccccc2)Oc2ccc3ccccc3c2)(N=[N+]=[N-])[C@H]1O. The Bertz CT molecular complexity index is 1870. The molecule has 0 spiro atoms. The van der Waals surface area contributed by atoms with Crippen LogP contribution in [0.4, 0.5) is 5.82 Å². The van der Waals surface area contributed by atoms with Crippen molar-refractivity contribution >= 4 is 30.3 Å². The van der Waals surface area contributed by atoms with Gasteiger partial charge in [0.2, 0.25) is 0 Å². The number of benzene rings is 3. The van der Waals surface area contributed by atoms with Gasteiger partial charge in [0.1, 0.15) is 30.4 Å². The van der Waals surface area contributed by atoms with E-state index in [2.05, 4.69) is 20.1 Å². The van der Waals surface area contributed by atoms with Crippen molar-refractivity contribution in [1.82, 2.24) is 14.6 Å². The van der Waals surface area contributed by atoms with E-state index in [0.29, 0.717) is 0 Å². The van der Waals surface area contributed by atoms with Gasteiger partial charge in [-0.15, -0.1) is 0 Å². The summed E-state index contributed by atoms with van der Waals surface area (Å²) in [5.74, 6) is -1.47. The number of carbonyl (C=O) groups is 1. The molecule has 6 atom stereocenters. The number of anilines is 1. The average molecular weight is 650 g/mol. The molecule has 1 unspecified atom stereocenters. The lowest BCUT2D eigenvalue weighted by molar-refractivity contribution is -0.146. The molecule has 1 fully saturated rings. The topological polar surface area (TPSA) is 213 Å². The van der Waals surface area contributed by atoms with Crippen LogP contribution < -0.4 is 21.0 Å². The molecule has 0 saturated carbocycles. The Morgan fingerprint density at radius 2 is 1.91 bits per heavy atom. The van der Waals surface area contributed by atoms with E-state index in [1.807, 2.05) is 30.3 Å². The number of hydrogen-bond acceptors (Lipinski definition) is 11. The predicted molar refractivity (Wildman–Crippen MR) is 167 cm³/mol. The molecule has 240 valence electrons. The molecule has 1 aromatic heterocycles. The summed E-state index contributed by atoms with van der Waals surface area (Å²) < 4.78 is 38.3. The highest BCUT2D eigenvalue weighted by molar-refractivity contribution is 7.52. The number of azide groups is 1. The Morgan fingerprint density at radius 3 is 2.63 bits per heavy atom. The molecule has 0 amide bonds. The third kappa shape index (κ3) is 7.21. The van der Waals surface area contributed by atoms with Crippen LogP contribution in [0.5, 0.6) is 5.75 Å². The highest BCUT2D eigenvalue weighted by Crippen LogP contribution is 2.49. The molecular weight excluding hydrogens is 617 g/mol. The highest BCUT2D eigenvalue weighted by atomic mass is 31.2. The lowest BCUT2D eigenvalue weighted by atomic mass is 9.98. The number of ether oxygens (including phenoxy) is 2. The summed E-state index contributed by atoms with van der Waals surface area (Å²) in [6, 6.07) is 21.5. The first-order chi connectivity index (χ1) is 22.0. The van der Waals surface area contributed by atoms with Crippen LogP contribution in [-0.2, 0) is 30.0 Å². The summed E-state index contributed by atoms with van der Waals surface area (Å²) in [6.07, 6.45) is -1.38. The van der Waals surface area contributed by atoms with Gasteiger partial charge in [0, 0.05) is 17.0 Å². The quantitative estimate of drug-likeness (QED) is 0.0641. The number of nitrogens with zero attached hydrogens (tertiary/aromatic N) is 5. The summed E-state index contributed by atoms with van der Waals surface area (Å²) in [7, 11) is -4.52. The van der Waals surface area contributed by atoms with Gasteiger partial charge in [-0.2, -0.15) is 10.1 Å². The molecule has 2 heterocycles. The molecule has 1 saturated heterocycles. The van der Waals surface area contributed by atoms with E-state index < -0.39 is 56.0 Å². The first kappa shape index (κ1) is 32.6. The van der Waals surface area contributed by atoms with Crippen molar-refractivity contribution in [3.05, 3.63) is 112 Å². The van der Waals surface area contributed by atoms with Crippen LogP contribution >= 0.6 is 7.75 Å². The Kier molecular flexibility index (Phi) is 9.73. The number of aliphatic hydroxyl groups is 1. The Balaban J connectivity index is 1.41. The van der Waals surface area contributed by atoms with Gasteiger partial charge in [-0.05, 0) is 47.0 Å². The molecule has 0 radical (unpaired) electrons. The largest absolute Gasteiger partial charge is 0.460 e. The third-order valence-corrected chi connectivity index (χ3v) is 9.02. The minimum Gasteiger partial charge on any atom is -0.460 e. The second-order valence-corrected chi connectivity index (χ2v) is 12.4. The molecule has 46 heavy (non-hydrogen) atoms. The first-order valence-electron chi connectivity index (χ1n) is 14.2. The van der Waals surface area contributed by atoms with E-state index in [-0.39, 0.29) is 18.2 Å². The second-order valence-electron chi connectivity index (χ2n) is 10.7. The van der Waals surface area contributed by atoms with E-state index >= 15 is 0 Å². The maximum absolute atomic E-state index is 14.3. The Morgan fingerprint density at radius 1 is 1.20 bits per heavy atom. The van der Waals surface area contributed by atoms with Crippen molar-refractivity contribution in [2.75, 3.05) is 12.3 Å². The summed E-state index contributed by atoms with van der Waals surface area (Å²) >= 11 is 0. The molecule has 1 aliphatic heterocycles. The Labute approximate surface area is 263 Å². The maximum atomic E-state index is 14.3. The van der Waals surface area contributed by atoms with Gasteiger partial charge in [0.15, 0.2) is 5.72 Å². The van der Waals surface area contributed by atoms with Crippen molar-refractivity contribution in [3.63, 3.8) is 0 Å². The third-order valence-electron chi connectivity index (χ3n) is 7.39. The number of rotatable bonds is 12. The minimum absolute atomic E-state index is 0.0219. The molecule has 5 rings (SSSR count). The lowest BCUT2D eigenvalue weighted by Gasteiger charge is -2.30. The Hall–Kier alpha value is -4.75.